The number of rotatable bonds is 10. The Morgan fingerprint density at radius 3 is 2.59 bits per heavy atom. The van der Waals surface area contributed by atoms with Gasteiger partial charge in [-0.05, 0) is 54.1 Å². The minimum atomic E-state index is -0.619. The number of nitrogens with zero attached hydrogens (tertiary/aromatic N) is 1. The van der Waals surface area contributed by atoms with Crippen molar-refractivity contribution in [2.24, 2.45) is 5.10 Å². The van der Waals surface area contributed by atoms with Crippen molar-refractivity contribution in [3.63, 3.8) is 0 Å². The van der Waals surface area contributed by atoms with Crippen molar-refractivity contribution >= 4 is 51.4 Å². The molecule has 0 saturated carbocycles. The summed E-state index contributed by atoms with van der Waals surface area (Å²) in [6.07, 6.45) is 1.45. The lowest BCUT2D eigenvalue weighted by Gasteiger charge is -2.30. The molecule has 2 aromatic carbocycles. The van der Waals surface area contributed by atoms with E-state index in [0.717, 1.165) is 0 Å². The van der Waals surface area contributed by atoms with Crippen LogP contribution in [0.1, 0.15) is 31.0 Å². The van der Waals surface area contributed by atoms with E-state index < -0.39 is 17.9 Å². The molecular formula is C25H27BrN4O6S. The molecule has 1 atom stereocenters. The van der Waals surface area contributed by atoms with Gasteiger partial charge < -0.3 is 29.6 Å². The third-order valence-corrected chi connectivity index (χ3v) is 6.09. The fraction of sp³-hybridized carbons (Fsp3) is 0.280. The highest BCUT2D eigenvalue weighted by Gasteiger charge is 2.32. The van der Waals surface area contributed by atoms with Crippen LogP contribution < -0.4 is 30.3 Å². The van der Waals surface area contributed by atoms with Gasteiger partial charge in [0, 0.05) is 22.9 Å². The number of amides is 1. The third kappa shape index (κ3) is 6.98. The molecule has 0 bridgehead atoms. The molecule has 0 spiro atoms. The molecule has 0 radical (unpaired) electrons. The van der Waals surface area contributed by atoms with Gasteiger partial charge in [-0.1, -0.05) is 18.2 Å². The van der Waals surface area contributed by atoms with E-state index in [2.05, 4.69) is 37.1 Å². The zero-order valence-corrected chi connectivity index (χ0v) is 23.1. The van der Waals surface area contributed by atoms with E-state index in [1.54, 1.807) is 57.4 Å². The summed E-state index contributed by atoms with van der Waals surface area (Å²) in [5, 5.41) is 10.4. The van der Waals surface area contributed by atoms with E-state index in [1.807, 2.05) is 0 Å². The van der Waals surface area contributed by atoms with E-state index in [-0.39, 0.29) is 13.2 Å². The molecule has 196 valence electrons. The van der Waals surface area contributed by atoms with Crippen molar-refractivity contribution in [3.8, 4) is 17.2 Å². The van der Waals surface area contributed by atoms with Crippen LogP contribution in [-0.4, -0.2) is 50.6 Å². The van der Waals surface area contributed by atoms with E-state index in [0.29, 0.717) is 49.2 Å². The van der Waals surface area contributed by atoms with Gasteiger partial charge in [-0.3, -0.25) is 4.79 Å². The third-order valence-electron chi connectivity index (χ3n) is 5.25. The molecule has 0 aromatic heterocycles. The summed E-state index contributed by atoms with van der Waals surface area (Å²) >= 11 is 8.71. The number of methoxy groups -OCH3 is 2. The molecule has 3 N–H and O–H groups in total. The number of esters is 1. The van der Waals surface area contributed by atoms with Gasteiger partial charge >= 0.3 is 5.97 Å². The van der Waals surface area contributed by atoms with Crippen LogP contribution in [0, 0.1) is 0 Å². The average Bonchev–Trinajstić information content (AvgIpc) is 2.87. The molecule has 10 nitrogen and oxygen atoms in total. The molecule has 2 aromatic rings. The van der Waals surface area contributed by atoms with Crippen LogP contribution in [0.25, 0.3) is 0 Å². The zero-order valence-electron chi connectivity index (χ0n) is 20.7. The van der Waals surface area contributed by atoms with Crippen LogP contribution in [0.3, 0.4) is 0 Å². The number of thiocarbonyl (C=S) groups is 1. The fourth-order valence-electron chi connectivity index (χ4n) is 3.59. The van der Waals surface area contributed by atoms with Crippen molar-refractivity contribution < 1.29 is 28.5 Å². The molecule has 1 amide bonds. The summed E-state index contributed by atoms with van der Waals surface area (Å²) in [6.45, 7) is 3.39. The van der Waals surface area contributed by atoms with Crippen LogP contribution in [-0.2, 0) is 14.3 Å². The maximum Gasteiger partial charge on any atom is 0.338 e. The van der Waals surface area contributed by atoms with Gasteiger partial charge in [-0.15, -0.1) is 0 Å². The van der Waals surface area contributed by atoms with Crippen molar-refractivity contribution in [1.29, 1.82) is 0 Å². The smallest absolute Gasteiger partial charge is 0.338 e. The summed E-state index contributed by atoms with van der Waals surface area (Å²) in [7, 11) is 3.08. The highest BCUT2D eigenvalue weighted by atomic mass is 79.9. The van der Waals surface area contributed by atoms with Crippen LogP contribution in [0.15, 0.2) is 57.2 Å². The molecule has 37 heavy (non-hydrogen) atoms. The standard InChI is InChI=1S/C25H27BrN4O6S/c1-5-35-24(32)22-14(2)28-25(37)29-23(22)16-8-6-7-9-18(16)36-13-21(31)30-27-12-15-10-17(26)20(34-4)11-19(15)33-3/h6-12,23H,5,13H2,1-4H3,(H,30,31)(H2,28,29,37)/t23-/m0/s1. The second kappa shape index (κ2) is 13.1. The van der Waals surface area contributed by atoms with Gasteiger partial charge in [-0.2, -0.15) is 5.10 Å². The minimum absolute atomic E-state index is 0.227. The number of hydrazone groups is 1. The molecule has 1 heterocycles. The number of nitrogens with one attached hydrogen (secondary N) is 3. The van der Waals surface area contributed by atoms with Crippen molar-refractivity contribution in [1.82, 2.24) is 16.1 Å². The van der Waals surface area contributed by atoms with Gasteiger partial charge in [0.1, 0.15) is 17.2 Å². The molecule has 3 rings (SSSR count). The van der Waals surface area contributed by atoms with Gasteiger partial charge in [0.25, 0.3) is 5.91 Å². The second-order valence-electron chi connectivity index (χ2n) is 7.64. The van der Waals surface area contributed by atoms with Gasteiger partial charge in [0.15, 0.2) is 11.7 Å². The number of benzene rings is 2. The van der Waals surface area contributed by atoms with Crippen molar-refractivity contribution in [3.05, 3.63) is 63.3 Å². The molecule has 0 fully saturated rings. The van der Waals surface area contributed by atoms with E-state index in [4.69, 9.17) is 31.2 Å². The topological polar surface area (TPSA) is 120 Å². The molecular weight excluding hydrogens is 564 g/mol. The number of para-hydroxylation sites is 1. The van der Waals surface area contributed by atoms with Crippen LogP contribution in [0.5, 0.6) is 17.2 Å². The Hall–Kier alpha value is -3.64. The minimum Gasteiger partial charge on any atom is -0.496 e. The van der Waals surface area contributed by atoms with Gasteiger partial charge in [0.05, 0.1) is 43.1 Å². The summed E-state index contributed by atoms with van der Waals surface area (Å²) in [5.41, 5.74) is 4.64. The highest BCUT2D eigenvalue weighted by molar-refractivity contribution is 9.10. The predicted molar refractivity (Wildman–Crippen MR) is 146 cm³/mol. The van der Waals surface area contributed by atoms with Crippen LogP contribution in [0.2, 0.25) is 0 Å². The first kappa shape index (κ1) is 27.9. The van der Waals surface area contributed by atoms with Gasteiger partial charge in [0.2, 0.25) is 0 Å². The zero-order chi connectivity index (χ0) is 26.9. The van der Waals surface area contributed by atoms with Crippen LogP contribution in [0.4, 0.5) is 0 Å². The average molecular weight is 591 g/mol. The first-order valence-electron chi connectivity index (χ1n) is 11.2. The predicted octanol–water partition coefficient (Wildman–Crippen LogP) is 3.35. The number of hydrogen-bond donors (Lipinski definition) is 3. The Labute approximate surface area is 228 Å². The van der Waals surface area contributed by atoms with Crippen LogP contribution >= 0.6 is 28.1 Å². The maximum atomic E-state index is 12.7. The number of carbonyl (C=O) groups excluding carboxylic acids is 2. The maximum absolute atomic E-state index is 12.7. The van der Waals surface area contributed by atoms with Gasteiger partial charge in [-0.25, -0.2) is 10.2 Å². The summed E-state index contributed by atoms with van der Waals surface area (Å²) in [4.78, 5) is 25.1. The lowest BCUT2D eigenvalue weighted by molar-refractivity contribution is -0.139. The quantitative estimate of drug-likeness (QED) is 0.165. The summed E-state index contributed by atoms with van der Waals surface area (Å²) < 4.78 is 22.3. The van der Waals surface area contributed by atoms with E-state index in [1.165, 1.54) is 13.3 Å². The van der Waals surface area contributed by atoms with Crippen molar-refractivity contribution in [2.45, 2.75) is 19.9 Å². The Kier molecular flexibility index (Phi) is 9.86. The number of carbonyl (C=O) groups is 2. The number of hydrogen-bond acceptors (Lipinski definition) is 8. The normalized spacial score (nSPS) is 15.1. The SMILES string of the molecule is CCOC(=O)C1=C(C)NC(=S)N[C@H]1c1ccccc1OCC(=O)NN=Cc1cc(Br)c(OC)cc1OC. The second-order valence-corrected chi connectivity index (χ2v) is 8.90. The lowest BCUT2D eigenvalue weighted by atomic mass is 9.95. The molecule has 12 heteroatoms. The number of halogens is 1. The van der Waals surface area contributed by atoms with E-state index >= 15 is 0 Å². The largest absolute Gasteiger partial charge is 0.496 e. The van der Waals surface area contributed by atoms with E-state index in [9.17, 15) is 9.59 Å². The molecule has 0 aliphatic carbocycles. The first-order chi connectivity index (χ1) is 17.8. The Balaban J connectivity index is 1.72. The molecule has 1 aliphatic rings. The van der Waals surface area contributed by atoms with Crippen molar-refractivity contribution in [2.75, 3.05) is 27.4 Å². The molecule has 0 unspecified atom stereocenters. The molecule has 0 saturated heterocycles. The monoisotopic (exact) mass is 590 g/mol. The fourth-order valence-corrected chi connectivity index (χ4v) is 4.38. The number of ether oxygens (including phenoxy) is 4. The number of allylic oxidation sites excluding steroid dienone is 1. The highest BCUT2D eigenvalue weighted by Crippen LogP contribution is 2.34. The first-order valence-corrected chi connectivity index (χ1v) is 12.4. The summed E-state index contributed by atoms with van der Waals surface area (Å²) in [5.74, 6) is 0.569. The Morgan fingerprint density at radius 1 is 1.16 bits per heavy atom. The lowest BCUT2D eigenvalue weighted by Crippen LogP contribution is -2.45. The Morgan fingerprint density at radius 2 is 1.89 bits per heavy atom. The summed E-state index contributed by atoms with van der Waals surface area (Å²) in [6, 6.07) is 9.90. The Bertz CT molecular complexity index is 1250. The molecule has 1 aliphatic heterocycles.